The van der Waals surface area contributed by atoms with Gasteiger partial charge in [-0.05, 0) is 37.5 Å². The molecule has 12 nitrogen and oxygen atoms in total. The number of rotatable bonds is 7. The van der Waals surface area contributed by atoms with Gasteiger partial charge in [0.05, 0.1) is 34.0 Å². The van der Waals surface area contributed by atoms with Gasteiger partial charge >= 0.3 is 0 Å². The van der Waals surface area contributed by atoms with Crippen LogP contribution in [0.15, 0.2) is 36.5 Å². The fourth-order valence-corrected chi connectivity index (χ4v) is 6.53. The Morgan fingerprint density at radius 3 is 2.47 bits per heavy atom. The first kappa shape index (κ1) is 30.7. The van der Waals surface area contributed by atoms with Crippen LogP contribution in [0.1, 0.15) is 68.0 Å². The molecular weight excluding hydrogens is 628 g/mol. The maximum Gasteiger partial charge on any atom is 0.271 e. The maximum absolute atomic E-state index is 15.6. The average molecular weight is 657 g/mol. The highest BCUT2D eigenvalue weighted by Crippen LogP contribution is 2.32. The highest BCUT2D eigenvalue weighted by Gasteiger charge is 2.40. The van der Waals surface area contributed by atoms with Gasteiger partial charge in [-0.1, -0.05) is 35.3 Å². The molecule has 6 rings (SSSR count). The number of imide groups is 1. The number of aromatic amines is 1. The molecule has 0 bridgehead atoms. The standard InChI is InChI=1S/C30H28Cl2FN7O5/c31-19-2-1-3-20(32)24(19)28(43)36-21-12-34-38-26(21)29(44)35-16-8-10-39(11-9-16)13-15-4-5-17-18(25(15)33)14-40(30(17)45)22-6-7-23(41)37-27(22)42/h1-5,12,16,22H,6-11,13-14H2,(H,34,38)(H,35,44)(H,36,43)(H,37,41,42). The van der Waals surface area contributed by atoms with Crippen LogP contribution in [0.4, 0.5) is 10.1 Å². The Morgan fingerprint density at radius 1 is 1.02 bits per heavy atom. The molecule has 15 heteroatoms. The van der Waals surface area contributed by atoms with E-state index < -0.39 is 35.5 Å². The summed E-state index contributed by atoms with van der Waals surface area (Å²) in [6.45, 7) is 1.45. The fourth-order valence-electron chi connectivity index (χ4n) is 5.96. The minimum Gasteiger partial charge on any atom is -0.348 e. The number of carbonyl (C=O) groups excluding carboxylic acids is 5. The Hall–Kier alpha value is -4.33. The molecule has 4 N–H and O–H groups in total. The predicted octanol–water partition coefficient (Wildman–Crippen LogP) is 3.26. The van der Waals surface area contributed by atoms with E-state index in [-0.39, 0.29) is 69.5 Å². The first-order valence-electron chi connectivity index (χ1n) is 14.4. The number of halogens is 3. The van der Waals surface area contributed by atoms with Crippen molar-refractivity contribution in [3.05, 3.63) is 80.3 Å². The van der Waals surface area contributed by atoms with Gasteiger partial charge in [0.1, 0.15) is 17.6 Å². The molecule has 4 heterocycles. The Bertz CT molecular complexity index is 1700. The Labute approximate surface area is 266 Å². The molecule has 2 aromatic carbocycles. The third kappa shape index (κ3) is 6.15. The number of benzene rings is 2. The summed E-state index contributed by atoms with van der Waals surface area (Å²) in [6.07, 6.45) is 2.86. The number of anilines is 1. The molecule has 2 fully saturated rings. The van der Waals surface area contributed by atoms with Gasteiger partial charge in [-0.25, -0.2) is 4.39 Å². The van der Waals surface area contributed by atoms with Gasteiger partial charge in [0.25, 0.3) is 17.7 Å². The number of amides is 5. The summed E-state index contributed by atoms with van der Waals surface area (Å²) in [5, 5.41) is 14.7. The van der Waals surface area contributed by atoms with Crippen LogP contribution in [-0.4, -0.2) is 74.7 Å². The lowest BCUT2D eigenvalue weighted by Crippen LogP contribution is -2.52. The van der Waals surface area contributed by atoms with Crippen molar-refractivity contribution in [2.24, 2.45) is 0 Å². The summed E-state index contributed by atoms with van der Waals surface area (Å²) in [5.74, 6) is -2.85. The Kier molecular flexibility index (Phi) is 8.58. The second-order valence-electron chi connectivity index (χ2n) is 11.2. The number of hydrogen-bond acceptors (Lipinski definition) is 7. The number of aromatic nitrogens is 2. The van der Waals surface area contributed by atoms with Crippen molar-refractivity contribution in [2.45, 2.75) is 50.9 Å². The van der Waals surface area contributed by atoms with Crippen molar-refractivity contribution in [3.63, 3.8) is 0 Å². The van der Waals surface area contributed by atoms with Crippen molar-refractivity contribution in [3.8, 4) is 0 Å². The van der Waals surface area contributed by atoms with Crippen LogP contribution in [0.5, 0.6) is 0 Å². The summed E-state index contributed by atoms with van der Waals surface area (Å²) in [5.41, 5.74) is 1.25. The van der Waals surface area contributed by atoms with Crippen molar-refractivity contribution >= 4 is 58.4 Å². The molecule has 234 valence electrons. The van der Waals surface area contributed by atoms with E-state index in [4.69, 9.17) is 23.2 Å². The highest BCUT2D eigenvalue weighted by molar-refractivity contribution is 6.40. The lowest BCUT2D eigenvalue weighted by atomic mass is 10.0. The topological polar surface area (TPSA) is 157 Å². The van der Waals surface area contributed by atoms with Gasteiger partial charge in [-0.3, -0.25) is 39.3 Å². The largest absolute Gasteiger partial charge is 0.348 e. The first-order valence-corrected chi connectivity index (χ1v) is 15.1. The maximum atomic E-state index is 15.6. The smallest absolute Gasteiger partial charge is 0.271 e. The van der Waals surface area contributed by atoms with Gasteiger partial charge in [-0.15, -0.1) is 0 Å². The van der Waals surface area contributed by atoms with Crippen LogP contribution in [-0.2, 0) is 22.7 Å². The first-order chi connectivity index (χ1) is 21.6. The molecule has 3 aliphatic rings. The molecule has 0 aliphatic carbocycles. The summed E-state index contributed by atoms with van der Waals surface area (Å²) in [6, 6.07) is 6.90. The van der Waals surface area contributed by atoms with Crippen molar-refractivity contribution in [2.75, 3.05) is 18.4 Å². The van der Waals surface area contributed by atoms with Crippen LogP contribution in [0, 0.1) is 5.82 Å². The van der Waals surface area contributed by atoms with E-state index >= 15 is 4.39 Å². The summed E-state index contributed by atoms with van der Waals surface area (Å²) in [7, 11) is 0. The van der Waals surface area contributed by atoms with Crippen molar-refractivity contribution < 1.29 is 28.4 Å². The molecule has 1 atom stereocenters. The van der Waals surface area contributed by atoms with Crippen LogP contribution in [0.3, 0.4) is 0 Å². The minimum atomic E-state index is -0.811. The van der Waals surface area contributed by atoms with E-state index in [1.807, 2.05) is 0 Å². The van der Waals surface area contributed by atoms with Crippen LogP contribution in [0.25, 0.3) is 0 Å². The van der Waals surface area contributed by atoms with E-state index in [0.29, 0.717) is 38.0 Å². The monoisotopic (exact) mass is 655 g/mol. The number of H-pyrrole nitrogens is 1. The van der Waals surface area contributed by atoms with Crippen molar-refractivity contribution in [1.29, 1.82) is 0 Å². The predicted molar refractivity (Wildman–Crippen MR) is 161 cm³/mol. The van der Waals surface area contributed by atoms with E-state index in [1.165, 1.54) is 23.2 Å². The van der Waals surface area contributed by atoms with Crippen LogP contribution in [0.2, 0.25) is 10.0 Å². The molecule has 3 aromatic rings. The van der Waals surface area contributed by atoms with Crippen LogP contribution >= 0.6 is 23.2 Å². The third-order valence-electron chi connectivity index (χ3n) is 8.35. The molecule has 5 amide bonds. The number of nitrogens with zero attached hydrogens (tertiary/aromatic N) is 3. The number of likely N-dealkylation sites (tertiary alicyclic amines) is 1. The number of fused-ring (bicyclic) bond motifs is 1. The van der Waals surface area contributed by atoms with Crippen LogP contribution < -0.4 is 16.0 Å². The quantitative estimate of drug-likeness (QED) is 0.285. The summed E-state index contributed by atoms with van der Waals surface area (Å²) in [4.78, 5) is 66.0. The summed E-state index contributed by atoms with van der Waals surface area (Å²) < 4.78 is 15.6. The van der Waals surface area contributed by atoms with Gasteiger partial charge in [-0.2, -0.15) is 5.10 Å². The molecule has 0 radical (unpaired) electrons. The van der Waals surface area contributed by atoms with E-state index in [2.05, 4.69) is 31.0 Å². The Balaban J connectivity index is 1.03. The zero-order valence-electron chi connectivity index (χ0n) is 23.8. The van der Waals surface area contributed by atoms with Gasteiger partial charge in [0.15, 0.2) is 0 Å². The van der Waals surface area contributed by atoms with Crippen molar-refractivity contribution in [1.82, 2.24) is 30.6 Å². The SMILES string of the molecule is O=C1CCC(N2Cc3c(ccc(CN4CCC(NC(=O)c5[nH]ncc5NC(=O)c5c(Cl)cccc5Cl)CC4)c3F)C2=O)C(=O)N1. The molecule has 45 heavy (non-hydrogen) atoms. The number of nitrogens with one attached hydrogen (secondary N) is 4. The zero-order valence-corrected chi connectivity index (χ0v) is 25.3. The van der Waals surface area contributed by atoms with Gasteiger partial charge in [0, 0.05) is 48.8 Å². The van der Waals surface area contributed by atoms with Gasteiger partial charge in [0.2, 0.25) is 11.8 Å². The van der Waals surface area contributed by atoms with E-state index in [0.717, 1.165) is 0 Å². The normalized spacial score (nSPS) is 19.0. The molecule has 0 spiro atoms. The highest BCUT2D eigenvalue weighted by atomic mass is 35.5. The van der Waals surface area contributed by atoms with Gasteiger partial charge < -0.3 is 15.5 Å². The van der Waals surface area contributed by atoms with E-state index in [1.54, 1.807) is 18.2 Å². The lowest BCUT2D eigenvalue weighted by Gasteiger charge is -2.32. The number of piperidine rings is 2. The van der Waals surface area contributed by atoms with E-state index in [9.17, 15) is 24.0 Å². The third-order valence-corrected chi connectivity index (χ3v) is 8.98. The molecule has 0 saturated carbocycles. The number of carbonyl (C=O) groups is 5. The fraction of sp³-hybridized carbons (Fsp3) is 0.333. The second-order valence-corrected chi connectivity index (χ2v) is 12.0. The zero-order chi connectivity index (χ0) is 31.8. The minimum absolute atomic E-state index is 0.0321. The molecule has 1 unspecified atom stereocenters. The Morgan fingerprint density at radius 2 is 1.76 bits per heavy atom. The average Bonchev–Trinajstić information content (AvgIpc) is 3.60. The number of hydrogen-bond donors (Lipinski definition) is 4. The molecule has 3 aliphatic heterocycles. The molecule has 2 saturated heterocycles. The lowest BCUT2D eigenvalue weighted by molar-refractivity contribution is -0.136. The summed E-state index contributed by atoms with van der Waals surface area (Å²) >= 11 is 12.3. The second kappa shape index (κ2) is 12.6. The molecular formula is C30H28Cl2FN7O5. The molecule has 1 aromatic heterocycles.